The Morgan fingerprint density at radius 3 is 2.75 bits per heavy atom. The molecular formula is C17H18N4O3. The van der Waals surface area contributed by atoms with Crippen LogP contribution in [0, 0.1) is 6.92 Å². The Morgan fingerprint density at radius 2 is 2.08 bits per heavy atom. The van der Waals surface area contributed by atoms with Gasteiger partial charge in [-0.15, -0.1) is 0 Å². The van der Waals surface area contributed by atoms with E-state index in [4.69, 9.17) is 10.2 Å². The summed E-state index contributed by atoms with van der Waals surface area (Å²) >= 11 is 0. The van der Waals surface area contributed by atoms with Gasteiger partial charge in [-0.3, -0.25) is 14.9 Å². The van der Waals surface area contributed by atoms with Gasteiger partial charge < -0.3 is 15.1 Å². The van der Waals surface area contributed by atoms with Gasteiger partial charge in [-0.2, -0.15) is 0 Å². The number of likely N-dealkylation sites (tertiary alicyclic amines) is 1. The Labute approximate surface area is 138 Å². The third-order valence-corrected chi connectivity index (χ3v) is 4.76. The number of hydrogen-bond donors (Lipinski definition) is 2. The van der Waals surface area contributed by atoms with Crippen LogP contribution in [0.3, 0.4) is 0 Å². The molecule has 7 nitrogen and oxygen atoms in total. The number of nitrogens with two attached hydrogens (primary N) is 1. The van der Waals surface area contributed by atoms with Gasteiger partial charge in [0, 0.05) is 18.5 Å². The highest BCUT2D eigenvalue weighted by molar-refractivity contribution is 6.07. The van der Waals surface area contributed by atoms with E-state index in [1.807, 2.05) is 25.1 Å². The van der Waals surface area contributed by atoms with Crippen molar-refractivity contribution in [2.24, 2.45) is 10.7 Å². The Hall–Kier alpha value is -2.83. The van der Waals surface area contributed by atoms with Crippen LogP contribution >= 0.6 is 0 Å². The average Bonchev–Trinajstić information content (AvgIpc) is 3.08. The highest BCUT2D eigenvalue weighted by atomic mass is 16.3. The summed E-state index contributed by atoms with van der Waals surface area (Å²) in [5.74, 6) is 0.151. The van der Waals surface area contributed by atoms with Crippen LogP contribution in [0.4, 0.5) is 0 Å². The van der Waals surface area contributed by atoms with Crippen molar-refractivity contribution in [1.82, 2.24) is 10.2 Å². The molecule has 0 atom stereocenters. The van der Waals surface area contributed by atoms with Gasteiger partial charge in [-0.25, -0.2) is 4.99 Å². The van der Waals surface area contributed by atoms with E-state index >= 15 is 0 Å². The van der Waals surface area contributed by atoms with Crippen LogP contribution in [-0.2, 0) is 4.79 Å². The third kappa shape index (κ3) is 2.24. The maximum Gasteiger partial charge on any atom is 0.289 e. The lowest BCUT2D eigenvalue weighted by molar-refractivity contribution is -0.125. The Morgan fingerprint density at radius 1 is 1.33 bits per heavy atom. The molecule has 0 unspecified atom stereocenters. The van der Waals surface area contributed by atoms with Gasteiger partial charge >= 0.3 is 0 Å². The lowest BCUT2D eigenvalue weighted by Gasteiger charge is -2.34. The number of benzene rings is 1. The molecule has 7 heteroatoms. The van der Waals surface area contributed by atoms with E-state index in [2.05, 4.69) is 10.3 Å². The molecule has 1 spiro atoms. The van der Waals surface area contributed by atoms with Gasteiger partial charge in [0.1, 0.15) is 11.1 Å². The predicted octanol–water partition coefficient (Wildman–Crippen LogP) is 1.16. The number of rotatable bonds is 1. The van der Waals surface area contributed by atoms with E-state index in [0.29, 0.717) is 37.3 Å². The maximum absolute atomic E-state index is 12.7. The summed E-state index contributed by atoms with van der Waals surface area (Å²) in [6.45, 7) is 2.88. The fraction of sp³-hybridized carbons (Fsp3) is 0.353. The van der Waals surface area contributed by atoms with Crippen molar-refractivity contribution in [1.29, 1.82) is 0 Å². The Balaban J connectivity index is 1.52. The quantitative estimate of drug-likeness (QED) is 0.821. The summed E-state index contributed by atoms with van der Waals surface area (Å²) < 4.78 is 5.68. The first-order valence-corrected chi connectivity index (χ1v) is 7.93. The molecule has 0 radical (unpaired) electrons. The van der Waals surface area contributed by atoms with Gasteiger partial charge in [0.15, 0.2) is 11.7 Å². The first-order chi connectivity index (χ1) is 11.5. The highest BCUT2D eigenvalue weighted by Crippen LogP contribution is 2.30. The monoisotopic (exact) mass is 326 g/mol. The van der Waals surface area contributed by atoms with E-state index in [1.54, 1.807) is 11.0 Å². The largest absolute Gasteiger partial charge is 0.451 e. The van der Waals surface area contributed by atoms with Crippen LogP contribution in [-0.4, -0.2) is 41.3 Å². The smallest absolute Gasteiger partial charge is 0.289 e. The number of aryl methyl sites for hydroxylation is 1. The fourth-order valence-corrected chi connectivity index (χ4v) is 3.38. The molecule has 2 amide bonds. The molecule has 2 aliphatic heterocycles. The molecule has 2 aromatic rings. The normalized spacial score (nSPS) is 19.6. The van der Waals surface area contributed by atoms with Gasteiger partial charge in [0.25, 0.3) is 11.8 Å². The third-order valence-electron chi connectivity index (χ3n) is 4.76. The van der Waals surface area contributed by atoms with Gasteiger partial charge in [0.2, 0.25) is 0 Å². The number of hydrogen-bond acceptors (Lipinski definition) is 5. The fourth-order valence-electron chi connectivity index (χ4n) is 3.38. The van der Waals surface area contributed by atoms with Crippen LogP contribution in [0.25, 0.3) is 11.0 Å². The summed E-state index contributed by atoms with van der Waals surface area (Å²) in [5, 5.41) is 3.46. The predicted molar refractivity (Wildman–Crippen MR) is 88.6 cm³/mol. The molecule has 3 N–H and O–H groups in total. The van der Waals surface area contributed by atoms with Crippen molar-refractivity contribution in [2.75, 3.05) is 13.1 Å². The minimum absolute atomic E-state index is 0.158. The van der Waals surface area contributed by atoms with Crippen LogP contribution in [0.2, 0.25) is 0 Å². The Kier molecular flexibility index (Phi) is 3.13. The molecule has 1 fully saturated rings. The van der Waals surface area contributed by atoms with Gasteiger partial charge in [-0.05, 0) is 38.0 Å². The summed E-state index contributed by atoms with van der Waals surface area (Å²) in [5.41, 5.74) is 6.60. The van der Waals surface area contributed by atoms with Crippen molar-refractivity contribution in [2.45, 2.75) is 25.3 Å². The number of carbonyl (C=O) groups is 2. The van der Waals surface area contributed by atoms with E-state index < -0.39 is 5.54 Å². The minimum atomic E-state index is -0.814. The molecule has 1 saturated heterocycles. The zero-order chi connectivity index (χ0) is 16.9. The van der Waals surface area contributed by atoms with Gasteiger partial charge in [-0.1, -0.05) is 11.6 Å². The van der Waals surface area contributed by atoms with E-state index in [-0.39, 0.29) is 17.8 Å². The second-order valence-electron chi connectivity index (χ2n) is 6.43. The van der Waals surface area contributed by atoms with Crippen LogP contribution in [0.15, 0.2) is 33.7 Å². The van der Waals surface area contributed by atoms with Crippen molar-refractivity contribution in [3.63, 3.8) is 0 Å². The van der Waals surface area contributed by atoms with Crippen LogP contribution in [0.5, 0.6) is 0 Å². The molecule has 1 aromatic carbocycles. The molecule has 0 saturated carbocycles. The minimum Gasteiger partial charge on any atom is -0.451 e. The number of fused-ring (bicyclic) bond motifs is 1. The molecular weight excluding hydrogens is 308 g/mol. The summed E-state index contributed by atoms with van der Waals surface area (Å²) in [4.78, 5) is 30.6. The molecule has 1 aromatic heterocycles. The number of carbonyl (C=O) groups excluding carboxylic acids is 2. The van der Waals surface area contributed by atoms with Crippen LogP contribution < -0.4 is 11.1 Å². The lowest BCUT2D eigenvalue weighted by Crippen LogP contribution is -2.50. The number of piperidine rings is 1. The van der Waals surface area contributed by atoms with E-state index in [9.17, 15) is 9.59 Å². The number of guanidine groups is 1. The van der Waals surface area contributed by atoms with Crippen molar-refractivity contribution < 1.29 is 14.0 Å². The average molecular weight is 326 g/mol. The standard InChI is InChI=1S/C17H18N4O3/c1-10-2-3-12-11(8-10)9-13(24-12)14(22)21-6-4-17(5-7-21)15(23)19-16(18)20-17/h2-3,8-9H,4-7H2,1H3,(H3,18,19,20,23). The zero-order valence-electron chi connectivity index (χ0n) is 13.3. The number of nitrogens with one attached hydrogen (secondary N) is 1. The second kappa shape index (κ2) is 5.09. The molecule has 4 rings (SSSR count). The molecule has 2 aliphatic rings. The van der Waals surface area contributed by atoms with Gasteiger partial charge in [0.05, 0.1) is 0 Å². The maximum atomic E-state index is 12.7. The highest BCUT2D eigenvalue weighted by Gasteiger charge is 2.46. The molecule has 0 aliphatic carbocycles. The number of furan rings is 1. The summed E-state index contributed by atoms with van der Waals surface area (Å²) in [7, 11) is 0. The number of aliphatic imine (C=N–C) groups is 1. The zero-order valence-corrected chi connectivity index (χ0v) is 13.3. The molecule has 24 heavy (non-hydrogen) atoms. The second-order valence-corrected chi connectivity index (χ2v) is 6.43. The van der Waals surface area contributed by atoms with Crippen LogP contribution in [0.1, 0.15) is 29.0 Å². The number of nitrogens with zero attached hydrogens (tertiary/aromatic N) is 2. The van der Waals surface area contributed by atoms with E-state index in [1.165, 1.54) is 0 Å². The first kappa shape index (κ1) is 14.7. The number of amides is 2. The first-order valence-electron chi connectivity index (χ1n) is 7.93. The topological polar surface area (TPSA) is 101 Å². The SMILES string of the molecule is Cc1ccc2oc(C(=O)N3CCC4(CC3)N=C(N)NC4=O)cc2c1. The summed E-state index contributed by atoms with van der Waals surface area (Å²) in [6.07, 6.45) is 0.926. The molecule has 3 heterocycles. The summed E-state index contributed by atoms with van der Waals surface area (Å²) in [6, 6.07) is 7.58. The van der Waals surface area contributed by atoms with Crippen molar-refractivity contribution in [3.05, 3.63) is 35.6 Å². The van der Waals surface area contributed by atoms with Crippen molar-refractivity contribution in [3.8, 4) is 0 Å². The molecule has 124 valence electrons. The lowest BCUT2D eigenvalue weighted by atomic mass is 9.88. The Bertz CT molecular complexity index is 875. The van der Waals surface area contributed by atoms with Crippen molar-refractivity contribution >= 4 is 28.7 Å². The molecule has 0 bridgehead atoms. The van der Waals surface area contributed by atoms with E-state index in [0.717, 1.165) is 10.9 Å².